The molecule has 0 spiro atoms. The molecule has 1 heterocycles. The Morgan fingerprint density at radius 1 is 1.07 bits per heavy atom. The van der Waals surface area contributed by atoms with E-state index in [0.717, 1.165) is 20.8 Å². The standard InChI is InChI=1S/C21H23N5S/c1-5-14-22-21-26(4)25-19(23-17-10-6-15(2)7-11-17)20(27-21)24-18-12-8-16(3)9-13-18/h5-13H,1,14H2,2-4H3,(H,23,25). The third-order valence-electron chi connectivity index (χ3n) is 3.85. The van der Waals surface area contributed by atoms with Crippen molar-refractivity contribution in [3.05, 3.63) is 81.8 Å². The second-order valence-corrected chi connectivity index (χ2v) is 7.19. The first-order valence-corrected chi connectivity index (χ1v) is 9.52. The lowest BCUT2D eigenvalue weighted by molar-refractivity contribution is 0.708. The molecular weight excluding hydrogens is 354 g/mol. The molecule has 2 aromatic carbocycles. The number of aryl methyl sites for hydroxylation is 3. The smallest absolute Gasteiger partial charge is 0.203 e. The lowest BCUT2D eigenvalue weighted by Gasteiger charge is -2.08. The summed E-state index contributed by atoms with van der Waals surface area (Å²) in [6, 6.07) is 16.3. The summed E-state index contributed by atoms with van der Waals surface area (Å²) in [4.78, 5) is 10.1. The topological polar surface area (TPSA) is 54.6 Å². The van der Waals surface area contributed by atoms with Crippen molar-refractivity contribution in [2.75, 3.05) is 11.9 Å². The summed E-state index contributed by atoms with van der Waals surface area (Å²) < 4.78 is 2.54. The molecular formula is C21H23N5S. The first-order valence-electron chi connectivity index (χ1n) is 8.70. The SMILES string of the molecule is C=CCN=c1sc(=Nc2ccc(C)cc2)c(Nc2ccc(C)cc2)nn1C. The van der Waals surface area contributed by atoms with Gasteiger partial charge < -0.3 is 5.32 Å². The normalized spacial score (nSPS) is 12.3. The molecule has 138 valence electrons. The summed E-state index contributed by atoms with van der Waals surface area (Å²) in [5, 5.41) is 8.03. The highest BCUT2D eigenvalue weighted by Crippen LogP contribution is 2.15. The molecule has 27 heavy (non-hydrogen) atoms. The number of rotatable bonds is 5. The number of hydrogen-bond donors (Lipinski definition) is 1. The second-order valence-electron chi connectivity index (χ2n) is 6.23. The molecule has 0 unspecified atom stereocenters. The van der Waals surface area contributed by atoms with Gasteiger partial charge in [0.15, 0.2) is 10.5 Å². The van der Waals surface area contributed by atoms with E-state index in [1.165, 1.54) is 22.5 Å². The third-order valence-corrected chi connectivity index (χ3v) is 4.91. The Labute approximate surface area is 163 Å². The number of nitrogens with one attached hydrogen (secondary N) is 1. The highest BCUT2D eigenvalue weighted by Gasteiger charge is 2.05. The fourth-order valence-electron chi connectivity index (χ4n) is 2.38. The predicted molar refractivity (Wildman–Crippen MR) is 113 cm³/mol. The summed E-state index contributed by atoms with van der Waals surface area (Å²) in [5.41, 5.74) is 4.27. The average Bonchev–Trinajstić information content (AvgIpc) is 2.66. The van der Waals surface area contributed by atoms with Crippen molar-refractivity contribution in [3.63, 3.8) is 0 Å². The molecule has 0 aliphatic carbocycles. The van der Waals surface area contributed by atoms with Crippen LogP contribution in [0.2, 0.25) is 0 Å². The zero-order chi connectivity index (χ0) is 19.2. The maximum atomic E-state index is 4.80. The van der Waals surface area contributed by atoms with E-state index >= 15 is 0 Å². The summed E-state index contributed by atoms with van der Waals surface area (Å²) in [7, 11) is 1.88. The van der Waals surface area contributed by atoms with Crippen LogP contribution in [-0.4, -0.2) is 16.3 Å². The Morgan fingerprint density at radius 2 is 1.70 bits per heavy atom. The van der Waals surface area contributed by atoms with Gasteiger partial charge in [-0.1, -0.05) is 52.8 Å². The molecule has 0 saturated heterocycles. The van der Waals surface area contributed by atoms with E-state index in [-0.39, 0.29) is 0 Å². The molecule has 3 aromatic rings. The first-order chi connectivity index (χ1) is 13.0. The van der Waals surface area contributed by atoms with Crippen molar-refractivity contribution in [1.29, 1.82) is 0 Å². The zero-order valence-electron chi connectivity index (χ0n) is 15.8. The van der Waals surface area contributed by atoms with Crippen molar-refractivity contribution in [1.82, 2.24) is 9.78 Å². The van der Waals surface area contributed by atoms with Crippen molar-refractivity contribution >= 4 is 28.5 Å². The number of aromatic nitrogens is 2. The van der Waals surface area contributed by atoms with Gasteiger partial charge in [0, 0.05) is 12.7 Å². The highest BCUT2D eigenvalue weighted by atomic mass is 32.1. The second kappa shape index (κ2) is 8.60. The van der Waals surface area contributed by atoms with Gasteiger partial charge in [-0.15, -0.1) is 11.7 Å². The summed E-state index contributed by atoms with van der Waals surface area (Å²) >= 11 is 1.49. The van der Waals surface area contributed by atoms with Gasteiger partial charge in [0.1, 0.15) is 0 Å². The van der Waals surface area contributed by atoms with Crippen molar-refractivity contribution in [2.24, 2.45) is 17.0 Å². The van der Waals surface area contributed by atoms with Crippen LogP contribution in [0.1, 0.15) is 11.1 Å². The van der Waals surface area contributed by atoms with Crippen LogP contribution in [0.3, 0.4) is 0 Å². The molecule has 1 aromatic heterocycles. The van der Waals surface area contributed by atoms with Gasteiger partial charge >= 0.3 is 0 Å². The molecule has 0 saturated carbocycles. The van der Waals surface area contributed by atoms with Gasteiger partial charge in [0.25, 0.3) is 0 Å². The van der Waals surface area contributed by atoms with Gasteiger partial charge in [-0.2, -0.15) is 0 Å². The molecule has 0 fully saturated rings. The van der Waals surface area contributed by atoms with Crippen molar-refractivity contribution in [3.8, 4) is 0 Å². The Kier molecular flexibility index (Phi) is 5.98. The molecule has 6 heteroatoms. The van der Waals surface area contributed by atoms with Crippen LogP contribution >= 0.6 is 11.3 Å². The molecule has 0 bridgehead atoms. The van der Waals surface area contributed by atoms with Crippen LogP contribution in [0, 0.1) is 13.8 Å². The van der Waals surface area contributed by atoms with Crippen LogP contribution in [0.15, 0.2) is 71.2 Å². The average molecular weight is 378 g/mol. The van der Waals surface area contributed by atoms with Gasteiger partial charge in [-0.05, 0) is 38.1 Å². The number of benzene rings is 2. The monoisotopic (exact) mass is 377 g/mol. The van der Waals surface area contributed by atoms with Crippen molar-refractivity contribution in [2.45, 2.75) is 13.8 Å². The Bertz CT molecular complexity index is 1060. The van der Waals surface area contributed by atoms with Crippen molar-refractivity contribution < 1.29 is 0 Å². The molecule has 0 amide bonds. The molecule has 3 rings (SSSR count). The molecule has 0 atom stereocenters. The molecule has 0 aliphatic rings. The van der Waals surface area contributed by atoms with E-state index in [2.05, 4.69) is 60.1 Å². The Hall–Kier alpha value is -2.99. The summed E-state index contributed by atoms with van der Waals surface area (Å²) in [6.45, 7) is 8.40. The molecule has 0 radical (unpaired) electrons. The van der Waals surface area contributed by atoms with E-state index in [4.69, 9.17) is 4.99 Å². The van der Waals surface area contributed by atoms with Gasteiger partial charge in [0.2, 0.25) is 4.80 Å². The Morgan fingerprint density at radius 3 is 2.33 bits per heavy atom. The van der Waals surface area contributed by atoms with E-state index in [9.17, 15) is 0 Å². The van der Waals surface area contributed by atoms with Crippen LogP contribution in [-0.2, 0) is 7.05 Å². The number of anilines is 2. The maximum absolute atomic E-state index is 4.80. The minimum absolute atomic E-state index is 0.542. The zero-order valence-corrected chi connectivity index (χ0v) is 16.6. The summed E-state index contributed by atoms with van der Waals surface area (Å²) in [6.07, 6.45) is 1.77. The number of nitrogens with zero attached hydrogens (tertiary/aromatic N) is 4. The third kappa shape index (κ3) is 5.01. The number of hydrogen-bond acceptors (Lipinski definition) is 5. The van der Waals surface area contributed by atoms with Gasteiger partial charge in [-0.25, -0.2) is 9.67 Å². The summed E-state index contributed by atoms with van der Waals surface area (Å²) in [5.74, 6) is 0.699. The lowest BCUT2D eigenvalue weighted by Crippen LogP contribution is -2.25. The quantitative estimate of drug-likeness (QED) is 0.679. The Balaban J connectivity index is 2.12. The van der Waals surface area contributed by atoms with E-state index in [0.29, 0.717) is 12.4 Å². The maximum Gasteiger partial charge on any atom is 0.203 e. The first kappa shape index (κ1) is 18.8. The van der Waals surface area contributed by atoms with E-state index in [1.807, 2.05) is 31.3 Å². The van der Waals surface area contributed by atoms with E-state index < -0.39 is 0 Å². The van der Waals surface area contributed by atoms with Gasteiger partial charge in [-0.3, -0.25) is 4.99 Å². The lowest BCUT2D eigenvalue weighted by atomic mass is 10.2. The minimum atomic E-state index is 0.542. The van der Waals surface area contributed by atoms with Crippen LogP contribution in [0.5, 0.6) is 0 Å². The van der Waals surface area contributed by atoms with Crippen LogP contribution < -0.4 is 14.8 Å². The predicted octanol–water partition coefficient (Wildman–Crippen LogP) is 4.16. The molecule has 5 nitrogen and oxygen atoms in total. The fraction of sp³-hybridized carbons (Fsp3) is 0.190. The van der Waals surface area contributed by atoms with Crippen LogP contribution in [0.25, 0.3) is 0 Å². The van der Waals surface area contributed by atoms with Crippen LogP contribution in [0.4, 0.5) is 17.2 Å². The van der Waals surface area contributed by atoms with E-state index in [1.54, 1.807) is 10.8 Å². The minimum Gasteiger partial charge on any atom is -0.336 e. The largest absolute Gasteiger partial charge is 0.336 e. The molecule has 1 N–H and O–H groups in total. The van der Waals surface area contributed by atoms with Gasteiger partial charge in [0.05, 0.1) is 12.2 Å². The highest BCUT2D eigenvalue weighted by molar-refractivity contribution is 7.06. The molecule has 0 aliphatic heterocycles. The fourth-order valence-corrected chi connectivity index (χ4v) is 3.20.